The molecule has 0 saturated heterocycles. The molecule has 3 aromatic heterocycles. The normalized spacial score (nSPS) is 16.3. The van der Waals surface area contributed by atoms with Gasteiger partial charge < -0.3 is 20.8 Å². The molecule has 5 rings (SSSR count). The van der Waals surface area contributed by atoms with Crippen molar-refractivity contribution in [3.8, 4) is 17.1 Å². The van der Waals surface area contributed by atoms with Gasteiger partial charge in [0.25, 0.3) is 0 Å². The zero-order chi connectivity index (χ0) is 26.1. The number of hydrogen-bond donors (Lipinski definition) is 3. The number of hydrogen-bond acceptors (Lipinski definition) is 8. The summed E-state index contributed by atoms with van der Waals surface area (Å²) in [6, 6.07) is 7.41. The first-order chi connectivity index (χ1) is 17.9. The second kappa shape index (κ2) is 9.84. The Balaban J connectivity index is 1.41. The standard InChI is InChI=1S/C26H29N9O2/c1-5-20(27)19-12-28-23(32-26(36)18-9-17(18)15-11-30-34(2)13-15)10-22(19)31-21-8-6-7-16(24(21)37-4)25-29-14-35(3)33-25/h6-8,10-14,17-18,27H,5,9H2,1-4H3,(H2,28,31,32,36). The molecule has 11 nitrogen and oxygen atoms in total. The summed E-state index contributed by atoms with van der Waals surface area (Å²) in [6.07, 6.45) is 8.33. The van der Waals surface area contributed by atoms with Gasteiger partial charge in [0.2, 0.25) is 5.91 Å². The number of aromatic nitrogens is 6. The number of para-hydroxylation sites is 1. The molecule has 11 heteroatoms. The molecule has 0 radical (unpaired) electrons. The lowest BCUT2D eigenvalue weighted by atomic mass is 10.1. The van der Waals surface area contributed by atoms with Gasteiger partial charge in [0.15, 0.2) is 11.6 Å². The van der Waals surface area contributed by atoms with Crippen LogP contribution in [-0.4, -0.2) is 48.3 Å². The van der Waals surface area contributed by atoms with E-state index in [0.29, 0.717) is 46.5 Å². The van der Waals surface area contributed by atoms with Crippen molar-refractivity contribution in [1.82, 2.24) is 29.5 Å². The Morgan fingerprint density at radius 2 is 2.03 bits per heavy atom. The van der Waals surface area contributed by atoms with Crippen LogP contribution in [0.25, 0.3) is 11.4 Å². The van der Waals surface area contributed by atoms with Crippen molar-refractivity contribution >= 4 is 28.8 Å². The predicted molar refractivity (Wildman–Crippen MR) is 140 cm³/mol. The molecule has 4 aromatic rings. The molecule has 3 N–H and O–H groups in total. The zero-order valence-electron chi connectivity index (χ0n) is 21.2. The van der Waals surface area contributed by atoms with Crippen LogP contribution in [0.4, 0.5) is 17.2 Å². The van der Waals surface area contributed by atoms with Gasteiger partial charge in [-0.1, -0.05) is 13.0 Å². The molecular formula is C26H29N9O2. The summed E-state index contributed by atoms with van der Waals surface area (Å²) in [5.74, 6) is 1.51. The lowest BCUT2D eigenvalue weighted by Gasteiger charge is -2.17. The SMILES string of the molecule is CCC(=N)c1cnc(NC(=O)C2CC2c2cnn(C)c2)cc1Nc1cccc(-c2ncn(C)n2)c1OC. The molecule has 2 atom stereocenters. The molecule has 190 valence electrons. The second-order valence-corrected chi connectivity index (χ2v) is 9.09. The first-order valence-corrected chi connectivity index (χ1v) is 12.0. The lowest BCUT2D eigenvalue weighted by Crippen LogP contribution is -2.16. The van der Waals surface area contributed by atoms with E-state index in [-0.39, 0.29) is 17.7 Å². The van der Waals surface area contributed by atoms with Gasteiger partial charge in [-0.3, -0.25) is 14.2 Å². The fraction of sp³-hybridized carbons (Fsp3) is 0.308. The van der Waals surface area contributed by atoms with Crippen molar-refractivity contribution in [1.29, 1.82) is 5.41 Å². The van der Waals surface area contributed by atoms with Crippen molar-refractivity contribution in [3.63, 3.8) is 0 Å². The van der Waals surface area contributed by atoms with E-state index in [1.54, 1.807) is 42.1 Å². The highest BCUT2D eigenvalue weighted by atomic mass is 16.5. The molecule has 1 aromatic carbocycles. The highest BCUT2D eigenvalue weighted by molar-refractivity contribution is 6.04. The summed E-state index contributed by atoms with van der Waals surface area (Å²) < 4.78 is 9.11. The molecule has 0 bridgehead atoms. The highest BCUT2D eigenvalue weighted by Crippen LogP contribution is 2.48. The number of nitrogens with zero attached hydrogens (tertiary/aromatic N) is 6. The van der Waals surface area contributed by atoms with Crippen molar-refractivity contribution in [2.75, 3.05) is 17.7 Å². The van der Waals surface area contributed by atoms with Gasteiger partial charge in [-0.05, 0) is 36.5 Å². The molecule has 1 aliphatic carbocycles. The number of carbonyl (C=O) groups excluding carboxylic acids is 1. The van der Waals surface area contributed by atoms with Crippen molar-refractivity contribution in [3.05, 3.63) is 60.3 Å². The van der Waals surface area contributed by atoms with Gasteiger partial charge in [0, 0.05) is 49.7 Å². The predicted octanol–water partition coefficient (Wildman–Crippen LogP) is 3.88. The van der Waals surface area contributed by atoms with E-state index >= 15 is 0 Å². The number of anilines is 3. The maximum Gasteiger partial charge on any atom is 0.229 e. The summed E-state index contributed by atoms with van der Waals surface area (Å²) in [7, 11) is 5.27. The highest BCUT2D eigenvalue weighted by Gasteiger charge is 2.44. The van der Waals surface area contributed by atoms with Crippen LogP contribution in [0.1, 0.15) is 36.8 Å². The molecule has 3 heterocycles. The fourth-order valence-electron chi connectivity index (χ4n) is 4.40. The Labute approximate surface area is 214 Å². The molecule has 1 amide bonds. The second-order valence-electron chi connectivity index (χ2n) is 9.09. The van der Waals surface area contributed by atoms with Crippen LogP contribution in [0.15, 0.2) is 49.2 Å². The number of amides is 1. The van der Waals surface area contributed by atoms with E-state index in [9.17, 15) is 4.79 Å². The summed E-state index contributed by atoms with van der Waals surface area (Å²) in [5, 5.41) is 23.4. The van der Waals surface area contributed by atoms with Crippen LogP contribution >= 0.6 is 0 Å². The molecule has 2 unspecified atom stereocenters. The third-order valence-corrected chi connectivity index (χ3v) is 6.44. The van der Waals surface area contributed by atoms with E-state index in [2.05, 4.69) is 30.8 Å². The summed E-state index contributed by atoms with van der Waals surface area (Å²) in [5.41, 5.74) is 4.19. The minimum Gasteiger partial charge on any atom is -0.494 e. The number of methoxy groups -OCH3 is 1. The van der Waals surface area contributed by atoms with Crippen LogP contribution in [0.5, 0.6) is 5.75 Å². The smallest absolute Gasteiger partial charge is 0.229 e. The Kier molecular flexibility index (Phi) is 6.43. The first-order valence-electron chi connectivity index (χ1n) is 12.0. The first kappa shape index (κ1) is 24.2. The third kappa shape index (κ3) is 4.92. The van der Waals surface area contributed by atoms with Gasteiger partial charge in [-0.2, -0.15) is 10.2 Å². The summed E-state index contributed by atoms with van der Waals surface area (Å²) in [6.45, 7) is 1.92. The van der Waals surface area contributed by atoms with Gasteiger partial charge in [-0.15, -0.1) is 0 Å². The van der Waals surface area contributed by atoms with Gasteiger partial charge in [0.05, 0.1) is 30.2 Å². The molecular weight excluding hydrogens is 470 g/mol. The molecule has 0 aliphatic heterocycles. The quantitative estimate of drug-likeness (QED) is 0.297. The van der Waals surface area contributed by atoms with Gasteiger partial charge in [-0.25, -0.2) is 9.97 Å². The average Bonchev–Trinajstić information content (AvgIpc) is 3.40. The van der Waals surface area contributed by atoms with Crippen molar-refractivity contribution in [2.24, 2.45) is 20.0 Å². The van der Waals surface area contributed by atoms with Crippen LogP contribution < -0.4 is 15.4 Å². The molecule has 37 heavy (non-hydrogen) atoms. The maximum atomic E-state index is 12.9. The van der Waals surface area contributed by atoms with Crippen LogP contribution in [-0.2, 0) is 18.9 Å². The number of pyridine rings is 1. The zero-order valence-corrected chi connectivity index (χ0v) is 21.2. The molecule has 0 spiro atoms. The van der Waals surface area contributed by atoms with E-state index in [1.165, 1.54) is 0 Å². The van der Waals surface area contributed by atoms with E-state index < -0.39 is 0 Å². The van der Waals surface area contributed by atoms with Crippen LogP contribution in [0, 0.1) is 11.3 Å². The molecule has 1 saturated carbocycles. The minimum absolute atomic E-state index is 0.0774. The number of rotatable bonds is 9. The summed E-state index contributed by atoms with van der Waals surface area (Å²) in [4.78, 5) is 21.7. The lowest BCUT2D eigenvalue weighted by molar-refractivity contribution is -0.117. The Morgan fingerprint density at radius 1 is 1.19 bits per heavy atom. The van der Waals surface area contributed by atoms with Gasteiger partial charge >= 0.3 is 0 Å². The summed E-state index contributed by atoms with van der Waals surface area (Å²) >= 11 is 0. The maximum absolute atomic E-state index is 12.9. The van der Waals surface area contributed by atoms with E-state index in [4.69, 9.17) is 10.1 Å². The Hall–Kier alpha value is -4.54. The van der Waals surface area contributed by atoms with E-state index in [0.717, 1.165) is 17.5 Å². The number of benzene rings is 1. The monoisotopic (exact) mass is 499 g/mol. The Bertz CT molecular complexity index is 1470. The van der Waals surface area contributed by atoms with Gasteiger partial charge in [0.1, 0.15) is 12.1 Å². The number of nitrogens with one attached hydrogen (secondary N) is 3. The van der Waals surface area contributed by atoms with Crippen molar-refractivity contribution < 1.29 is 9.53 Å². The van der Waals surface area contributed by atoms with Crippen LogP contribution in [0.2, 0.25) is 0 Å². The number of aryl methyl sites for hydroxylation is 2. The number of ether oxygens (including phenoxy) is 1. The van der Waals surface area contributed by atoms with E-state index in [1.807, 2.05) is 44.6 Å². The minimum atomic E-state index is -0.112. The molecule has 1 fully saturated rings. The third-order valence-electron chi connectivity index (χ3n) is 6.44. The fourth-order valence-corrected chi connectivity index (χ4v) is 4.40. The number of carbonyl (C=O) groups is 1. The van der Waals surface area contributed by atoms with Crippen molar-refractivity contribution in [2.45, 2.75) is 25.7 Å². The largest absolute Gasteiger partial charge is 0.494 e. The topological polar surface area (TPSA) is 136 Å². The average molecular weight is 500 g/mol. The molecule has 1 aliphatic rings. The Morgan fingerprint density at radius 3 is 2.70 bits per heavy atom. The van der Waals surface area contributed by atoms with Crippen LogP contribution in [0.3, 0.4) is 0 Å².